The highest BCUT2D eigenvalue weighted by atomic mass is 32.2. The van der Waals surface area contributed by atoms with Gasteiger partial charge in [-0.1, -0.05) is 48.2 Å². The summed E-state index contributed by atoms with van der Waals surface area (Å²) in [5, 5.41) is 4.09. The lowest BCUT2D eigenvalue weighted by Crippen LogP contribution is -2.39. The molecule has 2 aromatic carbocycles. The van der Waals surface area contributed by atoms with Gasteiger partial charge in [0, 0.05) is 29.6 Å². The fourth-order valence-electron chi connectivity index (χ4n) is 4.89. The van der Waals surface area contributed by atoms with E-state index in [0.29, 0.717) is 11.5 Å². The zero-order valence-electron chi connectivity index (χ0n) is 18.7. The van der Waals surface area contributed by atoms with Crippen LogP contribution in [-0.2, 0) is 16.3 Å². The Balaban J connectivity index is 1.21. The van der Waals surface area contributed by atoms with Gasteiger partial charge >= 0.3 is 0 Å². The number of aryl methyl sites for hydroxylation is 1. The van der Waals surface area contributed by atoms with Crippen molar-refractivity contribution >= 4 is 38.4 Å². The molecule has 0 unspecified atom stereocenters. The first-order valence-corrected chi connectivity index (χ1v) is 14.2. The number of carbonyl (C=O) groups excluding carboxylic acids is 1. The van der Waals surface area contributed by atoms with Crippen molar-refractivity contribution in [3.8, 4) is 0 Å². The number of benzene rings is 2. The number of aliphatic imine (C=N–C) groups is 1. The van der Waals surface area contributed by atoms with E-state index in [1.807, 2.05) is 36.1 Å². The molecule has 2 aromatic rings. The van der Waals surface area contributed by atoms with E-state index in [0.717, 1.165) is 48.8 Å². The zero-order chi connectivity index (χ0) is 23.0. The van der Waals surface area contributed by atoms with Crippen molar-refractivity contribution < 1.29 is 13.2 Å². The lowest BCUT2D eigenvalue weighted by Gasteiger charge is -2.32. The van der Waals surface area contributed by atoms with Gasteiger partial charge in [0.2, 0.25) is 0 Å². The molecule has 3 aliphatic rings. The van der Waals surface area contributed by atoms with Crippen LogP contribution in [0.5, 0.6) is 0 Å². The van der Waals surface area contributed by atoms with E-state index >= 15 is 0 Å². The largest absolute Gasteiger partial charge is 0.339 e. The van der Waals surface area contributed by atoms with Crippen molar-refractivity contribution in [2.24, 2.45) is 10.9 Å². The number of thioether (sulfide) groups is 1. The van der Waals surface area contributed by atoms with Gasteiger partial charge in [-0.2, -0.15) is 0 Å². The second kappa shape index (κ2) is 9.14. The number of hydrogen-bond donors (Lipinski definition) is 1. The number of fused-ring (bicyclic) bond motifs is 1. The summed E-state index contributed by atoms with van der Waals surface area (Å²) in [7, 11) is -2.97. The number of sulfone groups is 1. The number of piperidine rings is 1. The number of likely N-dealkylation sites (tertiary alicyclic amines) is 1. The molecule has 3 heterocycles. The highest BCUT2D eigenvalue weighted by Crippen LogP contribution is 2.35. The second-order valence-corrected chi connectivity index (χ2v) is 12.7. The third-order valence-corrected chi connectivity index (χ3v) is 9.95. The Kier molecular flexibility index (Phi) is 6.22. The molecule has 0 radical (unpaired) electrons. The third-order valence-electron chi connectivity index (χ3n) is 6.81. The first-order chi connectivity index (χ1) is 15.9. The Morgan fingerprint density at radius 3 is 2.61 bits per heavy atom. The summed E-state index contributed by atoms with van der Waals surface area (Å²) in [6, 6.07) is 16.2. The van der Waals surface area contributed by atoms with Gasteiger partial charge in [-0.25, -0.2) is 8.42 Å². The van der Waals surface area contributed by atoms with Crippen LogP contribution in [0, 0.1) is 12.8 Å². The van der Waals surface area contributed by atoms with Gasteiger partial charge in [-0.15, -0.1) is 0 Å². The maximum Gasteiger partial charge on any atom is 0.253 e. The van der Waals surface area contributed by atoms with Crippen LogP contribution in [-0.4, -0.2) is 60.3 Å². The van der Waals surface area contributed by atoms with E-state index in [9.17, 15) is 13.2 Å². The van der Waals surface area contributed by atoms with Gasteiger partial charge in [0.15, 0.2) is 15.0 Å². The summed E-state index contributed by atoms with van der Waals surface area (Å²) < 4.78 is 23.6. The summed E-state index contributed by atoms with van der Waals surface area (Å²) >= 11 is 1.49. The molecule has 1 amide bonds. The fraction of sp³-hybridized carbons (Fsp3) is 0.440. The molecular formula is C25H29N3O3S2. The summed E-state index contributed by atoms with van der Waals surface area (Å²) in [4.78, 5) is 19.7. The van der Waals surface area contributed by atoms with Gasteiger partial charge in [-0.05, 0) is 55.4 Å². The number of anilines is 1. The number of amides is 1. The van der Waals surface area contributed by atoms with E-state index in [2.05, 4.69) is 34.6 Å². The van der Waals surface area contributed by atoms with Crippen LogP contribution in [0.25, 0.3) is 0 Å². The molecule has 8 heteroatoms. The molecule has 0 saturated carbocycles. The van der Waals surface area contributed by atoms with E-state index in [4.69, 9.17) is 0 Å². The van der Waals surface area contributed by atoms with E-state index in [1.165, 1.54) is 17.3 Å². The van der Waals surface area contributed by atoms with Gasteiger partial charge in [-0.3, -0.25) is 9.79 Å². The summed E-state index contributed by atoms with van der Waals surface area (Å²) in [5.41, 5.74) is 3.93. The molecule has 2 saturated heterocycles. The average molecular weight is 484 g/mol. The first-order valence-electron chi connectivity index (χ1n) is 11.5. The average Bonchev–Trinajstić information content (AvgIpc) is 3.28. The maximum atomic E-state index is 13.2. The number of hydrogen-bond acceptors (Lipinski definition) is 6. The van der Waals surface area contributed by atoms with Crippen molar-refractivity contribution in [2.75, 3.05) is 29.9 Å². The number of rotatable bonds is 4. The highest BCUT2D eigenvalue weighted by Gasteiger charge is 2.42. The third kappa shape index (κ3) is 5.11. The molecule has 0 bridgehead atoms. The van der Waals surface area contributed by atoms with Gasteiger partial charge in [0.1, 0.15) is 0 Å². The number of carbonyl (C=O) groups is 1. The van der Waals surface area contributed by atoms with Crippen molar-refractivity contribution in [1.82, 2.24) is 4.90 Å². The lowest BCUT2D eigenvalue weighted by atomic mass is 9.90. The van der Waals surface area contributed by atoms with Crippen LogP contribution in [0.15, 0.2) is 53.5 Å². The van der Waals surface area contributed by atoms with E-state index < -0.39 is 9.84 Å². The summed E-state index contributed by atoms with van der Waals surface area (Å²) in [5.74, 6) is 1.01. The molecule has 0 aromatic heterocycles. The van der Waals surface area contributed by atoms with Crippen LogP contribution in [0.3, 0.4) is 0 Å². The fourth-order valence-corrected chi connectivity index (χ4v) is 8.56. The van der Waals surface area contributed by atoms with Crippen LogP contribution in [0.2, 0.25) is 0 Å². The Morgan fingerprint density at radius 2 is 1.88 bits per heavy atom. The minimum absolute atomic E-state index is 0.000183. The second-order valence-electron chi connectivity index (χ2n) is 9.31. The van der Waals surface area contributed by atoms with Crippen LogP contribution in [0.4, 0.5) is 5.69 Å². The standard InChI is InChI=1S/C25H29N3O3S2/c1-17-7-8-20(14-21(17)26-25-27-22-15-33(30,31)16-23(22)32-25)24(29)28-11-9-19(10-12-28)13-18-5-3-2-4-6-18/h2-8,14,19,22-23H,9-13,15-16H2,1H3,(H,26,27)/t22-,23+/m1/s1. The Morgan fingerprint density at radius 1 is 1.12 bits per heavy atom. The quantitative estimate of drug-likeness (QED) is 0.716. The molecule has 3 aliphatic heterocycles. The topological polar surface area (TPSA) is 78.8 Å². The van der Waals surface area contributed by atoms with Gasteiger partial charge in [0.05, 0.1) is 17.5 Å². The smallest absolute Gasteiger partial charge is 0.253 e. The van der Waals surface area contributed by atoms with E-state index in [1.54, 1.807) is 0 Å². The van der Waals surface area contributed by atoms with Crippen LogP contribution >= 0.6 is 11.8 Å². The number of amidine groups is 1. The normalized spacial score (nSPS) is 24.4. The molecule has 174 valence electrons. The highest BCUT2D eigenvalue weighted by molar-refractivity contribution is 8.15. The predicted octanol–water partition coefficient (Wildman–Crippen LogP) is 3.77. The van der Waals surface area contributed by atoms with Crippen LogP contribution < -0.4 is 5.32 Å². The van der Waals surface area contributed by atoms with Crippen molar-refractivity contribution in [1.29, 1.82) is 0 Å². The monoisotopic (exact) mass is 483 g/mol. The molecule has 6 nitrogen and oxygen atoms in total. The first kappa shape index (κ1) is 22.5. The molecule has 2 fully saturated rings. The predicted molar refractivity (Wildman–Crippen MR) is 135 cm³/mol. The molecule has 5 rings (SSSR count). The molecule has 1 N–H and O–H groups in total. The molecular weight excluding hydrogens is 454 g/mol. The Hall–Kier alpha value is -2.32. The summed E-state index contributed by atoms with van der Waals surface area (Å²) in [6.45, 7) is 3.57. The molecule has 33 heavy (non-hydrogen) atoms. The molecule has 2 atom stereocenters. The molecule has 0 spiro atoms. The molecule has 0 aliphatic carbocycles. The minimum Gasteiger partial charge on any atom is -0.339 e. The summed E-state index contributed by atoms with van der Waals surface area (Å²) in [6.07, 6.45) is 3.12. The number of nitrogens with zero attached hydrogens (tertiary/aromatic N) is 2. The van der Waals surface area contributed by atoms with Crippen molar-refractivity contribution in [2.45, 2.75) is 37.5 Å². The lowest BCUT2D eigenvalue weighted by molar-refractivity contribution is 0.0690. The Bertz CT molecular complexity index is 1170. The SMILES string of the molecule is Cc1ccc(C(=O)N2CCC(Cc3ccccc3)CC2)cc1NC1=N[C@@H]2CS(=O)(=O)C[C@@H]2S1. The van der Waals surface area contributed by atoms with Gasteiger partial charge < -0.3 is 10.2 Å². The zero-order valence-corrected chi connectivity index (χ0v) is 20.4. The Labute approximate surface area is 199 Å². The number of nitrogens with one attached hydrogen (secondary N) is 1. The van der Waals surface area contributed by atoms with Gasteiger partial charge in [0.25, 0.3) is 5.91 Å². The van der Waals surface area contributed by atoms with Crippen molar-refractivity contribution in [3.05, 3.63) is 65.2 Å². The maximum absolute atomic E-state index is 13.2. The van der Waals surface area contributed by atoms with Crippen LogP contribution in [0.1, 0.15) is 34.3 Å². The minimum atomic E-state index is -2.97. The van der Waals surface area contributed by atoms with E-state index in [-0.39, 0.29) is 28.7 Å². The van der Waals surface area contributed by atoms with Crippen molar-refractivity contribution in [3.63, 3.8) is 0 Å².